The molecule has 0 amide bonds. The summed E-state index contributed by atoms with van der Waals surface area (Å²) in [6, 6.07) is 0. The minimum atomic E-state index is 0.266. The summed E-state index contributed by atoms with van der Waals surface area (Å²) in [6.07, 6.45) is 6.03. The second-order valence-corrected chi connectivity index (χ2v) is 3.04. The number of hydrogen-bond donors (Lipinski definition) is 3. The molecule has 0 aliphatic carbocycles. The molecule has 0 bridgehead atoms. The summed E-state index contributed by atoms with van der Waals surface area (Å²) < 4.78 is 0. The van der Waals surface area contributed by atoms with Gasteiger partial charge in [-0.2, -0.15) is 0 Å². The Balaban J connectivity index is 2.15. The van der Waals surface area contributed by atoms with Crippen LogP contribution in [0.15, 0.2) is 12.4 Å². The molecule has 0 unspecified atom stereocenters. The van der Waals surface area contributed by atoms with Crippen molar-refractivity contribution in [2.45, 2.75) is 19.3 Å². The van der Waals surface area contributed by atoms with Crippen molar-refractivity contribution in [1.29, 1.82) is 0 Å². The SMILES string of the molecule is Nc1cnc(NCCCCCO)cn1. The Morgan fingerprint density at radius 2 is 2.07 bits per heavy atom. The van der Waals surface area contributed by atoms with Crippen molar-refractivity contribution in [2.75, 3.05) is 24.2 Å². The monoisotopic (exact) mass is 196 g/mol. The number of anilines is 2. The van der Waals surface area contributed by atoms with Crippen LogP contribution in [0.3, 0.4) is 0 Å². The van der Waals surface area contributed by atoms with E-state index in [4.69, 9.17) is 10.8 Å². The zero-order valence-corrected chi connectivity index (χ0v) is 8.11. The van der Waals surface area contributed by atoms with Crippen LogP contribution in [0.2, 0.25) is 0 Å². The summed E-state index contributed by atoms with van der Waals surface area (Å²) in [5.74, 6) is 1.17. The van der Waals surface area contributed by atoms with Crippen molar-refractivity contribution in [2.24, 2.45) is 0 Å². The lowest BCUT2D eigenvalue weighted by molar-refractivity contribution is 0.283. The quantitative estimate of drug-likeness (QED) is 0.581. The first-order valence-corrected chi connectivity index (χ1v) is 4.75. The van der Waals surface area contributed by atoms with Crippen LogP contribution < -0.4 is 11.1 Å². The topological polar surface area (TPSA) is 84.1 Å². The van der Waals surface area contributed by atoms with Gasteiger partial charge in [0.15, 0.2) is 0 Å². The van der Waals surface area contributed by atoms with Crippen LogP contribution in [0.25, 0.3) is 0 Å². The molecule has 0 aliphatic heterocycles. The number of aliphatic hydroxyl groups is 1. The van der Waals surface area contributed by atoms with Crippen molar-refractivity contribution in [3.05, 3.63) is 12.4 Å². The van der Waals surface area contributed by atoms with E-state index in [9.17, 15) is 0 Å². The number of nitrogens with zero attached hydrogens (tertiary/aromatic N) is 2. The molecule has 1 aromatic rings. The summed E-state index contributed by atoms with van der Waals surface area (Å²) >= 11 is 0. The van der Waals surface area contributed by atoms with Gasteiger partial charge in [-0.1, -0.05) is 0 Å². The van der Waals surface area contributed by atoms with E-state index < -0.39 is 0 Å². The molecule has 0 aromatic carbocycles. The number of nitrogens with two attached hydrogens (primary N) is 1. The molecule has 5 heteroatoms. The highest BCUT2D eigenvalue weighted by Crippen LogP contribution is 2.02. The smallest absolute Gasteiger partial charge is 0.144 e. The van der Waals surface area contributed by atoms with Gasteiger partial charge in [-0.3, -0.25) is 0 Å². The van der Waals surface area contributed by atoms with Crippen LogP contribution >= 0.6 is 0 Å². The first-order valence-electron chi connectivity index (χ1n) is 4.75. The van der Waals surface area contributed by atoms with E-state index in [1.54, 1.807) is 6.20 Å². The standard InChI is InChI=1S/C9H16N4O/c10-8-6-13-9(7-12-8)11-4-2-1-3-5-14/h6-7,14H,1-5H2,(H2,10,12)(H,11,13). The Hall–Kier alpha value is -1.36. The van der Waals surface area contributed by atoms with Gasteiger partial charge >= 0.3 is 0 Å². The van der Waals surface area contributed by atoms with E-state index in [1.165, 1.54) is 6.20 Å². The number of hydrogen-bond acceptors (Lipinski definition) is 5. The van der Waals surface area contributed by atoms with Gasteiger partial charge in [-0.15, -0.1) is 0 Å². The van der Waals surface area contributed by atoms with Crippen LogP contribution in [-0.4, -0.2) is 28.2 Å². The zero-order valence-electron chi connectivity index (χ0n) is 8.11. The lowest BCUT2D eigenvalue weighted by Crippen LogP contribution is -2.04. The molecule has 0 spiro atoms. The Morgan fingerprint density at radius 3 is 2.71 bits per heavy atom. The average molecular weight is 196 g/mol. The Kier molecular flexibility index (Phi) is 4.71. The fourth-order valence-electron chi connectivity index (χ4n) is 1.06. The molecule has 0 aliphatic rings. The van der Waals surface area contributed by atoms with E-state index in [0.29, 0.717) is 5.82 Å². The van der Waals surface area contributed by atoms with Crippen molar-refractivity contribution < 1.29 is 5.11 Å². The van der Waals surface area contributed by atoms with Crippen molar-refractivity contribution >= 4 is 11.6 Å². The minimum absolute atomic E-state index is 0.266. The second-order valence-electron chi connectivity index (χ2n) is 3.04. The Morgan fingerprint density at radius 1 is 1.21 bits per heavy atom. The van der Waals surface area contributed by atoms with Crippen molar-refractivity contribution in [1.82, 2.24) is 9.97 Å². The fourth-order valence-corrected chi connectivity index (χ4v) is 1.06. The molecule has 78 valence electrons. The van der Waals surface area contributed by atoms with Crippen molar-refractivity contribution in [3.63, 3.8) is 0 Å². The predicted octanol–water partition coefficient (Wildman–Crippen LogP) is 0.633. The molecule has 1 rings (SSSR count). The highest BCUT2D eigenvalue weighted by atomic mass is 16.2. The summed E-state index contributed by atoms with van der Waals surface area (Å²) in [5, 5.41) is 11.7. The molecule has 0 fully saturated rings. The Bertz CT molecular complexity index is 249. The summed E-state index contributed by atoms with van der Waals surface area (Å²) in [7, 11) is 0. The van der Waals surface area contributed by atoms with Gasteiger partial charge in [0.05, 0.1) is 12.4 Å². The molecule has 14 heavy (non-hydrogen) atoms. The molecule has 0 radical (unpaired) electrons. The Labute approximate surface area is 83.4 Å². The van der Waals surface area contributed by atoms with Gasteiger partial charge in [0.25, 0.3) is 0 Å². The van der Waals surface area contributed by atoms with E-state index in [1.807, 2.05) is 0 Å². The third-order valence-electron chi connectivity index (χ3n) is 1.81. The van der Waals surface area contributed by atoms with Crippen LogP contribution in [0.1, 0.15) is 19.3 Å². The van der Waals surface area contributed by atoms with Crippen LogP contribution in [-0.2, 0) is 0 Å². The van der Waals surface area contributed by atoms with Gasteiger partial charge in [-0.25, -0.2) is 9.97 Å². The maximum Gasteiger partial charge on any atom is 0.144 e. The van der Waals surface area contributed by atoms with E-state index in [-0.39, 0.29) is 6.61 Å². The third kappa shape index (κ3) is 4.04. The third-order valence-corrected chi connectivity index (χ3v) is 1.81. The lowest BCUT2D eigenvalue weighted by Gasteiger charge is -2.04. The van der Waals surface area contributed by atoms with Crippen LogP contribution in [0.5, 0.6) is 0 Å². The number of unbranched alkanes of at least 4 members (excludes halogenated alkanes) is 2. The second kappa shape index (κ2) is 6.15. The molecule has 0 saturated heterocycles. The highest BCUT2D eigenvalue weighted by molar-refractivity contribution is 5.35. The highest BCUT2D eigenvalue weighted by Gasteiger charge is 1.93. The number of aliphatic hydroxyl groups excluding tert-OH is 1. The predicted molar refractivity (Wildman–Crippen MR) is 55.9 cm³/mol. The summed E-state index contributed by atoms with van der Waals surface area (Å²) in [6.45, 7) is 1.11. The van der Waals surface area contributed by atoms with Gasteiger partial charge in [0.1, 0.15) is 11.6 Å². The van der Waals surface area contributed by atoms with Crippen LogP contribution in [0, 0.1) is 0 Å². The van der Waals surface area contributed by atoms with Gasteiger partial charge in [0, 0.05) is 13.2 Å². The zero-order chi connectivity index (χ0) is 10.2. The van der Waals surface area contributed by atoms with E-state index in [0.717, 1.165) is 31.6 Å². The molecule has 5 nitrogen and oxygen atoms in total. The summed E-state index contributed by atoms with van der Waals surface area (Å²) in [4.78, 5) is 7.96. The molecule has 1 heterocycles. The first kappa shape index (κ1) is 10.7. The van der Waals surface area contributed by atoms with Gasteiger partial charge in [-0.05, 0) is 19.3 Å². The molecular formula is C9H16N4O. The maximum absolute atomic E-state index is 8.56. The maximum atomic E-state index is 8.56. The van der Waals surface area contributed by atoms with E-state index >= 15 is 0 Å². The molecule has 1 aromatic heterocycles. The minimum Gasteiger partial charge on any atom is -0.396 e. The van der Waals surface area contributed by atoms with Crippen molar-refractivity contribution in [3.8, 4) is 0 Å². The fraction of sp³-hybridized carbons (Fsp3) is 0.556. The molecule has 0 saturated carbocycles. The molecular weight excluding hydrogens is 180 g/mol. The summed E-state index contributed by atoms with van der Waals surface area (Å²) in [5.41, 5.74) is 5.39. The average Bonchev–Trinajstić information content (AvgIpc) is 2.21. The normalized spacial score (nSPS) is 10.1. The van der Waals surface area contributed by atoms with Crippen LogP contribution in [0.4, 0.5) is 11.6 Å². The lowest BCUT2D eigenvalue weighted by atomic mass is 10.2. The van der Waals surface area contributed by atoms with Gasteiger partial charge in [0.2, 0.25) is 0 Å². The van der Waals surface area contributed by atoms with E-state index in [2.05, 4.69) is 15.3 Å². The molecule has 4 N–H and O–H groups in total. The van der Waals surface area contributed by atoms with Gasteiger partial charge < -0.3 is 16.2 Å². The number of nitrogen functional groups attached to an aromatic ring is 1. The largest absolute Gasteiger partial charge is 0.396 e. The number of rotatable bonds is 6. The number of nitrogens with one attached hydrogen (secondary N) is 1. The molecule has 0 atom stereocenters. The first-order chi connectivity index (χ1) is 6.83. The number of aromatic nitrogens is 2.